The molecule has 1 aromatic rings. The maximum atomic E-state index is 11.0. The number of rotatable bonds is 3. The molecule has 0 saturated heterocycles. The molecule has 0 aliphatic heterocycles. The molecule has 0 aromatic carbocycles. The van der Waals surface area contributed by atoms with Crippen LogP contribution in [0.25, 0.3) is 0 Å². The number of carbonyl (C=O) groups is 1. The highest BCUT2D eigenvalue weighted by atomic mass is 16.1. The molecule has 5 nitrogen and oxygen atoms in total. The Morgan fingerprint density at radius 1 is 1.35 bits per heavy atom. The Kier molecular flexibility index (Phi) is 3.58. The summed E-state index contributed by atoms with van der Waals surface area (Å²) in [6.07, 6.45) is 4.45. The maximum absolute atomic E-state index is 11.0. The lowest BCUT2D eigenvalue weighted by molar-refractivity contribution is 0.0995. The number of amides is 1. The molecule has 1 aromatic heterocycles. The van der Waals surface area contributed by atoms with Crippen molar-refractivity contribution < 1.29 is 4.79 Å². The van der Waals surface area contributed by atoms with Gasteiger partial charge in [0, 0.05) is 12.1 Å². The first kappa shape index (κ1) is 11.9. The number of primary amides is 1. The zero-order chi connectivity index (χ0) is 12.3. The fraction of sp³-hybridized carbons (Fsp3) is 0.500. The smallest absolute Gasteiger partial charge is 0.267 e. The molecule has 0 spiro atoms. The Bertz CT molecular complexity index is 407. The van der Waals surface area contributed by atoms with E-state index in [1.807, 2.05) is 6.07 Å². The number of nitrogens with one attached hydrogen (secondary N) is 1. The summed E-state index contributed by atoms with van der Waals surface area (Å²) < 4.78 is 0. The molecule has 0 bridgehead atoms. The standard InChI is InChI=1S/C12H18N4O/c13-8-4-1-2-5-9(8)15-11-7-3-6-10(16-11)12(14)17/h3,6-9H,1-2,4-5,13H2,(H2,14,17)(H,15,16). The summed E-state index contributed by atoms with van der Waals surface area (Å²) in [5.74, 6) is 0.158. The first-order chi connectivity index (χ1) is 8.16. The first-order valence-electron chi connectivity index (χ1n) is 5.96. The third-order valence-electron chi connectivity index (χ3n) is 3.15. The summed E-state index contributed by atoms with van der Waals surface area (Å²) in [7, 11) is 0. The highest BCUT2D eigenvalue weighted by Gasteiger charge is 2.21. The fourth-order valence-corrected chi connectivity index (χ4v) is 2.18. The van der Waals surface area contributed by atoms with E-state index in [1.54, 1.807) is 12.1 Å². The van der Waals surface area contributed by atoms with Crippen LogP contribution in [0.5, 0.6) is 0 Å². The SMILES string of the molecule is NC(=O)c1cccc(NC2CCCCC2N)n1. The average Bonchev–Trinajstić information content (AvgIpc) is 2.32. The van der Waals surface area contributed by atoms with Gasteiger partial charge in [-0.3, -0.25) is 4.79 Å². The Morgan fingerprint density at radius 3 is 2.82 bits per heavy atom. The molecule has 92 valence electrons. The molecule has 2 unspecified atom stereocenters. The molecule has 5 heteroatoms. The normalized spacial score (nSPS) is 24.3. The van der Waals surface area contributed by atoms with Crippen molar-refractivity contribution in [1.29, 1.82) is 0 Å². The summed E-state index contributed by atoms with van der Waals surface area (Å²) in [5.41, 5.74) is 11.5. The Labute approximate surface area is 101 Å². The van der Waals surface area contributed by atoms with Crippen LogP contribution in [-0.2, 0) is 0 Å². The molecule has 17 heavy (non-hydrogen) atoms. The second-order valence-corrected chi connectivity index (χ2v) is 4.47. The monoisotopic (exact) mass is 234 g/mol. The van der Waals surface area contributed by atoms with Gasteiger partial charge in [-0.05, 0) is 25.0 Å². The number of carbonyl (C=O) groups excluding carboxylic acids is 1. The van der Waals surface area contributed by atoms with Crippen LogP contribution in [0.15, 0.2) is 18.2 Å². The number of nitrogens with zero attached hydrogens (tertiary/aromatic N) is 1. The summed E-state index contributed by atoms with van der Waals surface area (Å²) in [6.45, 7) is 0. The van der Waals surface area contributed by atoms with Gasteiger partial charge in [-0.25, -0.2) is 4.98 Å². The second kappa shape index (κ2) is 5.14. The van der Waals surface area contributed by atoms with Crippen LogP contribution in [0.3, 0.4) is 0 Å². The highest BCUT2D eigenvalue weighted by Crippen LogP contribution is 2.20. The number of pyridine rings is 1. The van der Waals surface area contributed by atoms with E-state index in [1.165, 1.54) is 12.8 Å². The zero-order valence-corrected chi connectivity index (χ0v) is 9.73. The van der Waals surface area contributed by atoms with E-state index < -0.39 is 5.91 Å². The molecule has 1 saturated carbocycles. The van der Waals surface area contributed by atoms with Crippen LogP contribution in [0.2, 0.25) is 0 Å². The van der Waals surface area contributed by atoms with Crippen LogP contribution in [0.4, 0.5) is 5.82 Å². The Balaban J connectivity index is 2.07. The summed E-state index contributed by atoms with van der Waals surface area (Å²) >= 11 is 0. The van der Waals surface area contributed by atoms with Crippen molar-refractivity contribution in [3.63, 3.8) is 0 Å². The van der Waals surface area contributed by atoms with Crippen LogP contribution in [0.1, 0.15) is 36.2 Å². The van der Waals surface area contributed by atoms with E-state index in [2.05, 4.69) is 10.3 Å². The van der Waals surface area contributed by atoms with Crippen molar-refractivity contribution in [1.82, 2.24) is 4.98 Å². The molecule has 1 fully saturated rings. The van der Waals surface area contributed by atoms with Crippen molar-refractivity contribution in [3.05, 3.63) is 23.9 Å². The van der Waals surface area contributed by atoms with E-state index in [0.717, 1.165) is 12.8 Å². The van der Waals surface area contributed by atoms with Gasteiger partial charge in [0.05, 0.1) is 0 Å². The number of nitrogens with two attached hydrogens (primary N) is 2. The summed E-state index contributed by atoms with van der Waals surface area (Å²) in [5, 5.41) is 3.28. The third kappa shape index (κ3) is 2.94. The molecule has 5 N–H and O–H groups in total. The van der Waals surface area contributed by atoms with Crippen molar-refractivity contribution in [2.45, 2.75) is 37.8 Å². The predicted octanol–water partition coefficient (Wildman–Crippen LogP) is 0.862. The Morgan fingerprint density at radius 2 is 2.12 bits per heavy atom. The van der Waals surface area contributed by atoms with Crippen molar-refractivity contribution in [2.24, 2.45) is 11.5 Å². The summed E-state index contributed by atoms with van der Waals surface area (Å²) in [4.78, 5) is 15.2. The van der Waals surface area contributed by atoms with E-state index in [-0.39, 0.29) is 17.8 Å². The van der Waals surface area contributed by atoms with Crippen molar-refractivity contribution in [2.75, 3.05) is 5.32 Å². The van der Waals surface area contributed by atoms with E-state index in [4.69, 9.17) is 11.5 Å². The van der Waals surface area contributed by atoms with Gasteiger partial charge in [0.1, 0.15) is 11.5 Å². The van der Waals surface area contributed by atoms with Gasteiger partial charge < -0.3 is 16.8 Å². The molecule has 1 aliphatic rings. The van der Waals surface area contributed by atoms with Gasteiger partial charge >= 0.3 is 0 Å². The number of hydrogen-bond donors (Lipinski definition) is 3. The van der Waals surface area contributed by atoms with Crippen LogP contribution in [0, 0.1) is 0 Å². The van der Waals surface area contributed by atoms with Crippen LogP contribution in [-0.4, -0.2) is 23.0 Å². The molecular weight excluding hydrogens is 216 g/mol. The summed E-state index contributed by atoms with van der Waals surface area (Å²) in [6, 6.07) is 5.59. The molecule has 1 heterocycles. The quantitative estimate of drug-likeness (QED) is 0.723. The highest BCUT2D eigenvalue weighted by molar-refractivity contribution is 5.91. The predicted molar refractivity (Wildman–Crippen MR) is 66.6 cm³/mol. The van der Waals surface area contributed by atoms with E-state index >= 15 is 0 Å². The molecular formula is C12H18N4O. The number of hydrogen-bond acceptors (Lipinski definition) is 4. The molecule has 2 atom stereocenters. The van der Waals surface area contributed by atoms with Gasteiger partial charge in [0.2, 0.25) is 0 Å². The lowest BCUT2D eigenvalue weighted by Crippen LogP contribution is -2.42. The minimum absolute atomic E-state index is 0.155. The molecule has 1 amide bonds. The largest absolute Gasteiger partial charge is 0.366 e. The first-order valence-corrected chi connectivity index (χ1v) is 5.96. The van der Waals surface area contributed by atoms with Gasteiger partial charge in [0.25, 0.3) is 5.91 Å². The third-order valence-corrected chi connectivity index (χ3v) is 3.15. The fourth-order valence-electron chi connectivity index (χ4n) is 2.18. The maximum Gasteiger partial charge on any atom is 0.267 e. The second-order valence-electron chi connectivity index (χ2n) is 4.47. The number of aromatic nitrogens is 1. The zero-order valence-electron chi connectivity index (χ0n) is 9.73. The van der Waals surface area contributed by atoms with Gasteiger partial charge in [-0.1, -0.05) is 18.9 Å². The topological polar surface area (TPSA) is 94.0 Å². The van der Waals surface area contributed by atoms with Crippen molar-refractivity contribution >= 4 is 11.7 Å². The molecule has 0 radical (unpaired) electrons. The van der Waals surface area contributed by atoms with Crippen LogP contribution >= 0.6 is 0 Å². The molecule has 2 rings (SSSR count). The van der Waals surface area contributed by atoms with Gasteiger partial charge in [-0.2, -0.15) is 0 Å². The average molecular weight is 234 g/mol. The minimum Gasteiger partial charge on any atom is -0.366 e. The lowest BCUT2D eigenvalue weighted by Gasteiger charge is -2.29. The Hall–Kier alpha value is -1.62. The lowest BCUT2D eigenvalue weighted by atomic mass is 9.91. The van der Waals surface area contributed by atoms with Gasteiger partial charge in [-0.15, -0.1) is 0 Å². The van der Waals surface area contributed by atoms with Crippen molar-refractivity contribution in [3.8, 4) is 0 Å². The van der Waals surface area contributed by atoms with Crippen LogP contribution < -0.4 is 16.8 Å². The van der Waals surface area contributed by atoms with E-state index in [9.17, 15) is 4.79 Å². The number of anilines is 1. The molecule has 1 aliphatic carbocycles. The minimum atomic E-state index is -0.512. The van der Waals surface area contributed by atoms with Gasteiger partial charge in [0.15, 0.2) is 0 Å². The van der Waals surface area contributed by atoms with E-state index in [0.29, 0.717) is 5.82 Å².